The van der Waals surface area contributed by atoms with E-state index in [1.807, 2.05) is 50.2 Å². The lowest BCUT2D eigenvalue weighted by Gasteiger charge is -2.22. The summed E-state index contributed by atoms with van der Waals surface area (Å²) in [4.78, 5) is 18.0. The number of carbonyl (C=O) groups is 1. The van der Waals surface area contributed by atoms with Crippen LogP contribution in [0.3, 0.4) is 0 Å². The molecule has 4 rings (SSSR count). The highest BCUT2D eigenvalue weighted by Crippen LogP contribution is 2.29. The van der Waals surface area contributed by atoms with E-state index in [9.17, 15) is 4.79 Å². The Balaban J connectivity index is 1.50. The van der Waals surface area contributed by atoms with Gasteiger partial charge in [-0.2, -0.15) is 0 Å². The van der Waals surface area contributed by atoms with Crippen LogP contribution in [0.15, 0.2) is 65.8 Å². The molecule has 3 aromatic rings. The van der Waals surface area contributed by atoms with E-state index in [4.69, 9.17) is 9.72 Å². The molecule has 0 saturated carbocycles. The van der Waals surface area contributed by atoms with Gasteiger partial charge in [0, 0.05) is 12.3 Å². The largest absolute Gasteiger partial charge is 0.376 e. The SMILES string of the molecule is Cc1nc(SC(C)C(=O)NC(c2ccccc2)c2ccccc2)n(CC2CCCO2)c1C. The molecule has 0 bridgehead atoms. The van der Waals surface area contributed by atoms with Gasteiger partial charge in [-0.1, -0.05) is 72.4 Å². The van der Waals surface area contributed by atoms with E-state index < -0.39 is 0 Å². The Bertz CT molecular complexity index is 990. The maximum absolute atomic E-state index is 13.3. The summed E-state index contributed by atoms with van der Waals surface area (Å²) < 4.78 is 8.06. The molecule has 32 heavy (non-hydrogen) atoms. The second-order valence-electron chi connectivity index (χ2n) is 8.33. The summed E-state index contributed by atoms with van der Waals surface area (Å²) in [6, 6.07) is 20.0. The van der Waals surface area contributed by atoms with Gasteiger partial charge in [0.05, 0.1) is 29.6 Å². The first-order chi connectivity index (χ1) is 15.5. The molecular formula is C26H31N3O2S. The average molecular weight is 450 g/mol. The Labute approximate surface area is 194 Å². The minimum Gasteiger partial charge on any atom is -0.376 e. The lowest BCUT2D eigenvalue weighted by atomic mass is 9.98. The standard InChI is InChI=1S/C26H31N3O2S/c1-18-19(2)29(17-23-15-10-16-31-23)26(27-18)32-20(3)25(30)28-24(21-11-6-4-7-12-21)22-13-8-5-9-14-22/h4-9,11-14,20,23-24H,10,15-17H2,1-3H3,(H,28,30). The zero-order valence-electron chi connectivity index (χ0n) is 19.0. The maximum atomic E-state index is 13.3. The van der Waals surface area contributed by atoms with Gasteiger partial charge in [0.1, 0.15) is 0 Å². The first-order valence-corrected chi connectivity index (χ1v) is 12.1. The fraction of sp³-hybridized carbons (Fsp3) is 0.385. The number of ether oxygens (including phenoxy) is 1. The summed E-state index contributed by atoms with van der Waals surface area (Å²) >= 11 is 1.51. The van der Waals surface area contributed by atoms with Crippen LogP contribution in [0.4, 0.5) is 0 Å². The Morgan fingerprint density at radius 3 is 2.31 bits per heavy atom. The monoisotopic (exact) mass is 449 g/mol. The first kappa shape index (κ1) is 22.6. The van der Waals surface area contributed by atoms with Crippen molar-refractivity contribution < 1.29 is 9.53 Å². The number of nitrogens with zero attached hydrogens (tertiary/aromatic N) is 2. The summed E-state index contributed by atoms with van der Waals surface area (Å²) in [5.41, 5.74) is 4.28. The molecule has 5 nitrogen and oxygen atoms in total. The van der Waals surface area contributed by atoms with Gasteiger partial charge in [0.2, 0.25) is 5.91 Å². The number of thioether (sulfide) groups is 1. The summed E-state index contributed by atoms with van der Waals surface area (Å²) in [7, 11) is 0. The van der Waals surface area contributed by atoms with E-state index in [2.05, 4.69) is 41.1 Å². The highest BCUT2D eigenvalue weighted by Gasteiger charge is 2.25. The molecule has 1 N–H and O–H groups in total. The van der Waals surface area contributed by atoms with Gasteiger partial charge in [0.15, 0.2) is 5.16 Å². The molecule has 0 spiro atoms. The number of amides is 1. The third-order valence-corrected chi connectivity index (χ3v) is 7.13. The third kappa shape index (κ3) is 5.25. The van der Waals surface area contributed by atoms with E-state index in [0.29, 0.717) is 0 Å². The molecule has 6 heteroatoms. The van der Waals surface area contributed by atoms with Crippen molar-refractivity contribution in [3.8, 4) is 0 Å². The van der Waals surface area contributed by atoms with E-state index in [-0.39, 0.29) is 23.3 Å². The van der Waals surface area contributed by atoms with Crippen LogP contribution in [-0.4, -0.2) is 33.4 Å². The summed E-state index contributed by atoms with van der Waals surface area (Å²) in [6.45, 7) is 7.69. The average Bonchev–Trinajstić information content (AvgIpc) is 3.42. The number of aryl methyl sites for hydroxylation is 1. The van der Waals surface area contributed by atoms with Crippen LogP contribution in [0.5, 0.6) is 0 Å². The van der Waals surface area contributed by atoms with Crippen molar-refractivity contribution in [3.63, 3.8) is 0 Å². The Morgan fingerprint density at radius 2 is 1.75 bits per heavy atom. The second-order valence-corrected chi connectivity index (χ2v) is 9.64. The topological polar surface area (TPSA) is 56.2 Å². The molecule has 1 aliphatic heterocycles. The van der Waals surface area contributed by atoms with Crippen LogP contribution in [0.2, 0.25) is 0 Å². The predicted molar refractivity (Wildman–Crippen MR) is 129 cm³/mol. The number of carbonyl (C=O) groups excluding carboxylic acids is 1. The Kier molecular flexibility index (Phi) is 7.33. The van der Waals surface area contributed by atoms with Crippen LogP contribution >= 0.6 is 11.8 Å². The fourth-order valence-electron chi connectivity index (χ4n) is 4.04. The van der Waals surface area contributed by atoms with Crippen LogP contribution in [0.25, 0.3) is 0 Å². The molecule has 1 aromatic heterocycles. The smallest absolute Gasteiger partial charge is 0.234 e. The number of hydrogen-bond donors (Lipinski definition) is 1. The van der Waals surface area contributed by atoms with E-state index in [0.717, 1.165) is 53.7 Å². The quantitative estimate of drug-likeness (QED) is 0.488. The number of hydrogen-bond acceptors (Lipinski definition) is 4. The molecule has 1 saturated heterocycles. The molecule has 168 valence electrons. The summed E-state index contributed by atoms with van der Waals surface area (Å²) in [6.07, 6.45) is 2.41. The van der Waals surface area contributed by atoms with Crippen molar-refractivity contribution in [2.24, 2.45) is 0 Å². The number of benzene rings is 2. The van der Waals surface area contributed by atoms with Gasteiger partial charge in [-0.3, -0.25) is 4.79 Å². The van der Waals surface area contributed by atoms with Gasteiger partial charge < -0.3 is 14.6 Å². The molecule has 2 atom stereocenters. The minimum atomic E-state index is -0.283. The molecule has 2 heterocycles. The summed E-state index contributed by atoms with van der Waals surface area (Å²) in [5.74, 6) is -0.00493. The van der Waals surface area contributed by atoms with Crippen molar-refractivity contribution in [3.05, 3.63) is 83.2 Å². The van der Waals surface area contributed by atoms with Gasteiger partial charge in [-0.05, 0) is 44.7 Å². The predicted octanol–water partition coefficient (Wildman–Crippen LogP) is 5.07. The minimum absolute atomic E-state index is 0.00493. The van der Waals surface area contributed by atoms with Gasteiger partial charge in [-0.15, -0.1) is 0 Å². The zero-order chi connectivity index (χ0) is 22.5. The first-order valence-electron chi connectivity index (χ1n) is 11.2. The number of nitrogens with one attached hydrogen (secondary N) is 1. The van der Waals surface area contributed by atoms with E-state index in [1.165, 1.54) is 11.8 Å². The van der Waals surface area contributed by atoms with Crippen molar-refractivity contribution >= 4 is 17.7 Å². The van der Waals surface area contributed by atoms with E-state index >= 15 is 0 Å². The van der Waals surface area contributed by atoms with Crippen molar-refractivity contribution in [2.75, 3.05) is 6.61 Å². The van der Waals surface area contributed by atoms with Crippen LogP contribution in [-0.2, 0) is 16.1 Å². The van der Waals surface area contributed by atoms with Crippen molar-refractivity contribution in [2.45, 2.75) is 62.7 Å². The normalized spacial score (nSPS) is 16.9. The maximum Gasteiger partial charge on any atom is 0.234 e. The Hall–Kier alpha value is -2.57. The highest BCUT2D eigenvalue weighted by molar-refractivity contribution is 8.00. The van der Waals surface area contributed by atoms with Crippen molar-refractivity contribution in [1.82, 2.24) is 14.9 Å². The van der Waals surface area contributed by atoms with Crippen molar-refractivity contribution in [1.29, 1.82) is 0 Å². The molecule has 1 fully saturated rings. The number of aromatic nitrogens is 2. The number of rotatable bonds is 8. The highest BCUT2D eigenvalue weighted by atomic mass is 32.2. The van der Waals surface area contributed by atoms with Gasteiger partial charge in [0.25, 0.3) is 0 Å². The Morgan fingerprint density at radius 1 is 1.12 bits per heavy atom. The fourth-order valence-corrected chi connectivity index (χ4v) is 5.06. The molecule has 1 aliphatic rings. The van der Waals surface area contributed by atoms with Crippen LogP contribution in [0.1, 0.15) is 48.3 Å². The zero-order valence-corrected chi connectivity index (χ0v) is 19.8. The van der Waals surface area contributed by atoms with E-state index in [1.54, 1.807) is 0 Å². The molecule has 2 aromatic carbocycles. The third-order valence-electron chi connectivity index (χ3n) is 6.04. The lowest BCUT2D eigenvalue weighted by molar-refractivity contribution is -0.120. The van der Waals surface area contributed by atoms with Gasteiger partial charge in [-0.25, -0.2) is 4.98 Å². The van der Waals surface area contributed by atoms with Crippen LogP contribution < -0.4 is 5.32 Å². The lowest BCUT2D eigenvalue weighted by Crippen LogP contribution is -2.35. The van der Waals surface area contributed by atoms with Crippen LogP contribution in [0, 0.1) is 13.8 Å². The molecular weight excluding hydrogens is 418 g/mol. The molecule has 1 amide bonds. The summed E-state index contributed by atoms with van der Waals surface area (Å²) in [5, 5.41) is 3.86. The molecule has 0 aliphatic carbocycles. The number of imidazole rings is 1. The second kappa shape index (κ2) is 10.4. The molecule has 2 unspecified atom stereocenters. The van der Waals surface area contributed by atoms with Gasteiger partial charge >= 0.3 is 0 Å². The molecule has 0 radical (unpaired) electrons.